The number of benzene rings is 2. The van der Waals surface area contributed by atoms with E-state index in [4.69, 9.17) is 0 Å². The lowest BCUT2D eigenvalue weighted by Gasteiger charge is -2.15. The molecule has 0 aliphatic carbocycles. The van der Waals surface area contributed by atoms with Crippen LogP contribution in [0.5, 0.6) is 0 Å². The van der Waals surface area contributed by atoms with Crippen LogP contribution in [0.15, 0.2) is 72.0 Å². The number of nitrogens with zero attached hydrogens (tertiary/aromatic N) is 2. The van der Waals surface area contributed by atoms with E-state index in [1.165, 1.54) is 11.1 Å². The minimum Gasteiger partial charge on any atom is -0.396 e. The lowest BCUT2D eigenvalue weighted by molar-refractivity contribution is 0.264. The standard InChI is InChI=1S/C22H20N2O.CH4/c25-15-22(17-4-2-1-3-5-17)9-16-8-20(13-23-11-16)18-6-7-19-12-24-14-21(19)10-18;/h1-8,10-11,13-14,22,25H,9,12,15H2;1H4/t22-;/m0./s1. The molecule has 132 valence electrons. The van der Waals surface area contributed by atoms with Gasteiger partial charge < -0.3 is 5.11 Å². The maximum Gasteiger partial charge on any atom is 0.0646 e. The third kappa shape index (κ3) is 3.73. The van der Waals surface area contributed by atoms with E-state index in [0.717, 1.165) is 35.2 Å². The quantitative estimate of drug-likeness (QED) is 0.733. The van der Waals surface area contributed by atoms with Crippen molar-refractivity contribution in [2.24, 2.45) is 4.99 Å². The summed E-state index contributed by atoms with van der Waals surface area (Å²) in [6.45, 7) is 0.909. The molecule has 2 heterocycles. The Labute approximate surface area is 155 Å². The third-order valence-corrected chi connectivity index (χ3v) is 4.74. The maximum atomic E-state index is 9.80. The minimum absolute atomic E-state index is 0. The van der Waals surface area contributed by atoms with E-state index in [-0.39, 0.29) is 20.0 Å². The molecule has 4 rings (SSSR count). The summed E-state index contributed by atoms with van der Waals surface area (Å²) in [4.78, 5) is 8.74. The van der Waals surface area contributed by atoms with Crippen LogP contribution in [0.1, 0.15) is 35.6 Å². The van der Waals surface area contributed by atoms with Gasteiger partial charge in [-0.15, -0.1) is 0 Å². The van der Waals surface area contributed by atoms with Gasteiger partial charge in [-0.3, -0.25) is 9.98 Å². The summed E-state index contributed by atoms with van der Waals surface area (Å²) in [7, 11) is 0. The fourth-order valence-corrected chi connectivity index (χ4v) is 3.34. The number of aliphatic imine (C=N–C) groups is 1. The summed E-state index contributed by atoms with van der Waals surface area (Å²) in [6, 6.07) is 18.8. The molecule has 0 amide bonds. The molecule has 0 unspecified atom stereocenters. The van der Waals surface area contributed by atoms with Gasteiger partial charge in [0.2, 0.25) is 0 Å². The Morgan fingerprint density at radius 1 is 0.962 bits per heavy atom. The molecule has 0 radical (unpaired) electrons. The largest absolute Gasteiger partial charge is 0.396 e. The molecule has 26 heavy (non-hydrogen) atoms. The second-order valence-electron chi connectivity index (χ2n) is 6.46. The van der Waals surface area contributed by atoms with Crippen LogP contribution < -0.4 is 0 Å². The Hall–Kier alpha value is -2.78. The summed E-state index contributed by atoms with van der Waals surface area (Å²) < 4.78 is 0. The molecule has 3 aromatic rings. The smallest absolute Gasteiger partial charge is 0.0646 e. The van der Waals surface area contributed by atoms with Crippen LogP contribution in [0.3, 0.4) is 0 Å². The molecular formula is C23H24N2O. The fourth-order valence-electron chi connectivity index (χ4n) is 3.34. The molecule has 3 heteroatoms. The van der Waals surface area contributed by atoms with Crippen molar-refractivity contribution >= 4 is 6.21 Å². The minimum atomic E-state index is 0. The van der Waals surface area contributed by atoms with Crippen LogP contribution >= 0.6 is 0 Å². The van der Waals surface area contributed by atoms with Gasteiger partial charge in [-0.1, -0.05) is 49.9 Å². The average molecular weight is 344 g/mol. The summed E-state index contributed by atoms with van der Waals surface area (Å²) in [6.07, 6.45) is 6.50. The molecule has 0 fully saturated rings. The SMILES string of the molecule is C.OC[C@H](Cc1cncc(-c2ccc3c(c2)C=NC3)c1)c1ccccc1. The van der Waals surface area contributed by atoms with Crippen molar-refractivity contribution in [2.45, 2.75) is 26.3 Å². The van der Waals surface area contributed by atoms with E-state index >= 15 is 0 Å². The number of hydrogen-bond donors (Lipinski definition) is 1. The topological polar surface area (TPSA) is 45.5 Å². The zero-order valence-corrected chi connectivity index (χ0v) is 14.0. The maximum absolute atomic E-state index is 9.80. The van der Waals surface area contributed by atoms with Crippen LogP contribution in [0.4, 0.5) is 0 Å². The lowest BCUT2D eigenvalue weighted by Crippen LogP contribution is -2.08. The van der Waals surface area contributed by atoms with Crippen molar-refractivity contribution in [3.63, 3.8) is 0 Å². The van der Waals surface area contributed by atoms with Gasteiger partial charge >= 0.3 is 0 Å². The molecule has 0 spiro atoms. The molecule has 0 saturated heterocycles. The van der Waals surface area contributed by atoms with Crippen molar-refractivity contribution in [2.75, 3.05) is 6.61 Å². The first-order valence-corrected chi connectivity index (χ1v) is 8.56. The van der Waals surface area contributed by atoms with Gasteiger partial charge in [0.25, 0.3) is 0 Å². The predicted octanol–water partition coefficient (Wildman–Crippen LogP) is 4.64. The van der Waals surface area contributed by atoms with Gasteiger partial charge in [-0.25, -0.2) is 0 Å². The summed E-state index contributed by atoms with van der Waals surface area (Å²) in [5, 5.41) is 9.80. The number of fused-ring (bicyclic) bond motifs is 1. The van der Waals surface area contributed by atoms with Crippen molar-refractivity contribution in [3.8, 4) is 11.1 Å². The molecule has 0 saturated carbocycles. The van der Waals surface area contributed by atoms with E-state index < -0.39 is 0 Å². The molecule has 1 atom stereocenters. The molecular weight excluding hydrogens is 320 g/mol. The van der Waals surface area contributed by atoms with Gasteiger partial charge in [0.05, 0.1) is 13.2 Å². The summed E-state index contributed by atoms with van der Waals surface area (Å²) in [5.74, 6) is 0.0883. The van der Waals surface area contributed by atoms with Gasteiger partial charge in [0.15, 0.2) is 0 Å². The lowest BCUT2D eigenvalue weighted by atomic mass is 9.92. The number of aliphatic hydroxyl groups is 1. The molecule has 1 aliphatic rings. The van der Waals surface area contributed by atoms with Crippen molar-refractivity contribution in [1.82, 2.24) is 4.98 Å². The molecule has 1 aromatic heterocycles. The number of aromatic nitrogens is 1. The second-order valence-corrected chi connectivity index (χ2v) is 6.46. The van der Waals surface area contributed by atoms with Crippen LogP contribution in [-0.4, -0.2) is 22.9 Å². The van der Waals surface area contributed by atoms with Gasteiger partial charge in [-0.05, 0) is 46.4 Å². The van der Waals surface area contributed by atoms with Crippen molar-refractivity contribution in [1.29, 1.82) is 0 Å². The molecule has 3 nitrogen and oxygen atoms in total. The Morgan fingerprint density at radius 2 is 1.81 bits per heavy atom. The molecule has 0 bridgehead atoms. The van der Waals surface area contributed by atoms with Crippen LogP contribution in [0, 0.1) is 0 Å². The van der Waals surface area contributed by atoms with E-state index in [9.17, 15) is 5.11 Å². The third-order valence-electron chi connectivity index (χ3n) is 4.74. The zero-order chi connectivity index (χ0) is 17.1. The highest BCUT2D eigenvalue weighted by atomic mass is 16.3. The number of hydrogen-bond acceptors (Lipinski definition) is 3. The van der Waals surface area contributed by atoms with Crippen LogP contribution in [0.25, 0.3) is 11.1 Å². The molecule has 2 aromatic carbocycles. The summed E-state index contributed by atoms with van der Waals surface area (Å²) in [5.41, 5.74) is 7.02. The number of rotatable bonds is 5. The second kappa shape index (κ2) is 8.07. The van der Waals surface area contributed by atoms with Gasteiger partial charge in [-0.2, -0.15) is 0 Å². The Kier molecular flexibility index (Phi) is 5.59. The first kappa shape index (κ1) is 18.0. The fraction of sp³-hybridized carbons (Fsp3) is 0.217. The number of aliphatic hydroxyl groups excluding tert-OH is 1. The van der Waals surface area contributed by atoms with E-state index in [1.54, 1.807) is 0 Å². The first-order valence-electron chi connectivity index (χ1n) is 8.56. The highest BCUT2D eigenvalue weighted by molar-refractivity contribution is 5.86. The highest BCUT2D eigenvalue weighted by Gasteiger charge is 2.13. The zero-order valence-electron chi connectivity index (χ0n) is 14.0. The molecule has 1 aliphatic heterocycles. The average Bonchev–Trinajstić information content (AvgIpc) is 3.15. The summed E-state index contributed by atoms with van der Waals surface area (Å²) >= 11 is 0. The number of pyridine rings is 1. The van der Waals surface area contributed by atoms with E-state index in [1.807, 2.05) is 36.8 Å². The normalized spacial score (nSPS) is 13.1. The first-order chi connectivity index (χ1) is 12.3. The monoisotopic (exact) mass is 344 g/mol. The van der Waals surface area contributed by atoms with E-state index in [2.05, 4.69) is 46.4 Å². The van der Waals surface area contributed by atoms with Gasteiger partial charge in [0, 0.05) is 30.1 Å². The predicted molar refractivity (Wildman–Crippen MR) is 108 cm³/mol. The van der Waals surface area contributed by atoms with Crippen LogP contribution in [-0.2, 0) is 13.0 Å². The van der Waals surface area contributed by atoms with Crippen molar-refractivity contribution in [3.05, 3.63) is 89.2 Å². The molecule has 1 N–H and O–H groups in total. The highest BCUT2D eigenvalue weighted by Crippen LogP contribution is 2.26. The van der Waals surface area contributed by atoms with Crippen molar-refractivity contribution < 1.29 is 5.11 Å². The van der Waals surface area contributed by atoms with Crippen LogP contribution in [0.2, 0.25) is 0 Å². The Balaban J connectivity index is 0.00000196. The Morgan fingerprint density at radius 3 is 2.62 bits per heavy atom. The Bertz CT molecular complexity index is 903. The van der Waals surface area contributed by atoms with E-state index in [0.29, 0.717) is 0 Å². The van der Waals surface area contributed by atoms with Gasteiger partial charge in [0.1, 0.15) is 0 Å².